The van der Waals surface area contributed by atoms with E-state index in [1.165, 1.54) is 11.3 Å². The molecule has 3 heterocycles. The zero-order valence-corrected chi connectivity index (χ0v) is 15.6. The number of nitrogens with zero attached hydrogens (tertiary/aromatic N) is 4. The fraction of sp³-hybridized carbons (Fsp3) is 0.650. The maximum Gasteiger partial charge on any atom is 0.225 e. The van der Waals surface area contributed by atoms with E-state index in [4.69, 9.17) is 0 Å². The number of amides is 2. The first-order valence-corrected chi connectivity index (χ1v) is 9.86. The highest BCUT2D eigenvalue weighted by Crippen LogP contribution is 2.32. The smallest absolute Gasteiger partial charge is 0.225 e. The lowest BCUT2D eigenvalue weighted by molar-refractivity contribution is -0.141. The van der Waals surface area contributed by atoms with Gasteiger partial charge < -0.3 is 14.7 Å². The Morgan fingerprint density at radius 3 is 2.04 bits per heavy atom. The molecule has 0 N–H and O–H groups in total. The number of rotatable bonds is 3. The third-order valence-corrected chi connectivity index (χ3v) is 6.01. The molecule has 6 nitrogen and oxygen atoms in total. The van der Waals surface area contributed by atoms with Gasteiger partial charge in [-0.1, -0.05) is 0 Å². The average Bonchev–Trinajstić information content (AvgIpc) is 3.53. The third-order valence-electron chi connectivity index (χ3n) is 6.01. The number of likely N-dealkylation sites (tertiary alicyclic amines) is 1. The van der Waals surface area contributed by atoms with Gasteiger partial charge in [-0.05, 0) is 44.2 Å². The molecule has 1 saturated carbocycles. The van der Waals surface area contributed by atoms with Gasteiger partial charge in [-0.3, -0.25) is 14.6 Å². The molecule has 4 rings (SSSR count). The van der Waals surface area contributed by atoms with Crippen molar-refractivity contribution in [1.29, 1.82) is 0 Å². The Morgan fingerprint density at radius 2 is 1.46 bits per heavy atom. The van der Waals surface area contributed by atoms with Crippen LogP contribution in [0.4, 0.5) is 5.69 Å². The largest absolute Gasteiger partial charge is 0.368 e. The summed E-state index contributed by atoms with van der Waals surface area (Å²) in [5, 5.41) is 0. The standard InChI is InChI=1S/C20H28N4O2/c1-15-14-21-7-4-18(15)22-10-12-24(13-11-22)20(26)17-5-8-23(9-6-17)19(25)16-2-3-16/h4,7,14,16-17H,2-3,5-6,8-13H2,1H3. The van der Waals surface area contributed by atoms with E-state index in [1.807, 2.05) is 22.2 Å². The monoisotopic (exact) mass is 356 g/mol. The number of piperidine rings is 1. The molecule has 1 aliphatic carbocycles. The molecular weight excluding hydrogens is 328 g/mol. The fourth-order valence-electron chi connectivity index (χ4n) is 4.18. The molecule has 2 saturated heterocycles. The van der Waals surface area contributed by atoms with Crippen molar-refractivity contribution in [3.8, 4) is 0 Å². The van der Waals surface area contributed by atoms with Crippen LogP contribution in [0.5, 0.6) is 0 Å². The van der Waals surface area contributed by atoms with Crippen molar-refractivity contribution in [2.75, 3.05) is 44.2 Å². The van der Waals surface area contributed by atoms with Crippen LogP contribution in [-0.2, 0) is 9.59 Å². The van der Waals surface area contributed by atoms with Gasteiger partial charge in [-0.15, -0.1) is 0 Å². The normalized spacial score (nSPS) is 21.8. The highest BCUT2D eigenvalue weighted by molar-refractivity contribution is 5.82. The van der Waals surface area contributed by atoms with Crippen LogP contribution in [-0.4, -0.2) is 65.9 Å². The zero-order valence-electron chi connectivity index (χ0n) is 15.6. The molecule has 140 valence electrons. The lowest BCUT2D eigenvalue weighted by Gasteiger charge is -2.39. The summed E-state index contributed by atoms with van der Waals surface area (Å²) in [6.07, 6.45) is 7.47. The molecule has 0 atom stereocenters. The van der Waals surface area contributed by atoms with Gasteiger partial charge in [0.1, 0.15) is 0 Å². The Balaban J connectivity index is 1.27. The third kappa shape index (κ3) is 3.55. The van der Waals surface area contributed by atoms with Gasteiger partial charge in [0.2, 0.25) is 11.8 Å². The summed E-state index contributed by atoms with van der Waals surface area (Å²) >= 11 is 0. The van der Waals surface area contributed by atoms with E-state index in [0.29, 0.717) is 5.91 Å². The van der Waals surface area contributed by atoms with Crippen LogP contribution in [0.15, 0.2) is 18.5 Å². The van der Waals surface area contributed by atoms with E-state index in [0.717, 1.165) is 65.0 Å². The number of carbonyl (C=O) groups excluding carboxylic acids is 2. The second-order valence-electron chi connectivity index (χ2n) is 7.85. The number of hydrogen-bond acceptors (Lipinski definition) is 4. The van der Waals surface area contributed by atoms with Crippen LogP contribution in [0.3, 0.4) is 0 Å². The predicted octanol–water partition coefficient (Wildman–Crippen LogP) is 1.69. The van der Waals surface area contributed by atoms with Crippen molar-refractivity contribution < 1.29 is 9.59 Å². The molecule has 0 bridgehead atoms. The van der Waals surface area contributed by atoms with Crippen molar-refractivity contribution in [2.24, 2.45) is 11.8 Å². The fourth-order valence-corrected chi connectivity index (χ4v) is 4.18. The molecule has 2 aliphatic heterocycles. The maximum atomic E-state index is 12.9. The van der Waals surface area contributed by atoms with Crippen molar-refractivity contribution in [3.63, 3.8) is 0 Å². The van der Waals surface area contributed by atoms with Crippen LogP contribution in [0, 0.1) is 18.8 Å². The van der Waals surface area contributed by atoms with Gasteiger partial charge in [0.05, 0.1) is 0 Å². The van der Waals surface area contributed by atoms with E-state index in [-0.39, 0.29) is 17.7 Å². The number of carbonyl (C=O) groups is 2. The first-order valence-electron chi connectivity index (χ1n) is 9.86. The van der Waals surface area contributed by atoms with Gasteiger partial charge in [0.15, 0.2) is 0 Å². The van der Waals surface area contributed by atoms with Gasteiger partial charge in [-0.2, -0.15) is 0 Å². The summed E-state index contributed by atoms with van der Waals surface area (Å²) in [5.41, 5.74) is 2.40. The summed E-state index contributed by atoms with van der Waals surface area (Å²) in [7, 11) is 0. The minimum Gasteiger partial charge on any atom is -0.368 e. The van der Waals surface area contributed by atoms with Crippen molar-refractivity contribution in [1.82, 2.24) is 14.8 Å². The first-order chi connectivity index (χ1) is 12.6. The number of anilines is 1. The second-order valence-corrected chi connectivity index (χ2v) is 7.85. The number of hydrogen-bond donors (Lipinski definition) is 0. The minimum atomic E-state index is 0.0902. The summed E-state index contributed by atoms with van der Waals surface area (Å²) < 4.78 is 0. The summed E-state index contributed by atoms with van der Waals surface area (Å²) in [4.78, 5) is 35.5. The molecule has 3 aliphatic rings. The average molecular weight is 356 g/mol. The molecule has 26 heavy (non-hydrogen) atoms. The lowest BCUT2D eigenvalue weighted by Crippen LogP contribution is -2.52. The molecule has 0 aromatic carbocycles. The Kier molecular flexibility index (Phi) is 4.83. The Hall–Kier alpha value is -2.11. The van der Waals surface area contributed by atoms with Crippen LogP contribution in [0.25, 0.3) is 0 Å². The van der Waals surface area contributed by atoms with Gasteiger partial charge in [0, 0.05) is 69.2 Å². The number of piperazine rings is 1. The Bertz CT molecular complexity index is 672. The number of aryl methyl sites for hydroxylation is 1. The summed E-state index contributed by atoms with van der Waals surface area (Å²) in [6, 6.07) is 2.05. The quantitative estimate of drug-likeness (QED) is 0.827. The molecule has 1 aromatic rings. The van der Waals surface area contributed by atoms with Gasteiger partial charge in [0.25, 0.3) is 0 Å². The van der Waals surface area contributed by atoms with E-state index in [1.54, 1.807) is 0 Å². The molecule has 0 unspecified atom stereocenters. The van der Waals surface area contributed by atoms with Crippen LogP contribution >= 0.6 is 0 Å². The Morgan fingerprint density at radius 1 is 0.885 bits per heavy atom. The highest BCUT2D eigenvalue weighted by Gasteiger charge is 2.37. The molecule has 6 heteroatoms. The minimum absolute atomic E-state index is 0.0902. The van der Waals surface area contributed by atoms with E-state index >= 15 is 0 Å². The van der Waals surface area contributed by atoms with Crippen LogP contribution in [0.2, 0.25) is 0 Å². The molecule has 2 amide bonds. The topological polar surface area (TPSA) is 56.8 Å². The first kappa shape index (κ1) is 17.3. The molecule has 0 spiro atoms. The van der Waals surface area contributed by atoms with Crippen LogP contribution < -0.4 is 4.90 Å². The van der Waals surface area contributed by atoms with E-state index < -0.39 is 0 Å². The van der Waals surface area contributed by atoms with E-state index in [2.05, 4.69) is 22.9 Å². The van der Waals surface area contributed by atoms with Crippen molar-refractivity contribution in [2.45, 2.75) is 32.6 Å². The molecule has 0 radical (unpaired) electrons. The Labute approximate surface area is 155 Å². The highest BCUT2D eigenvalue weighted by atomic mass is 16.2. The molecule has 3 fully saturated rings. The van der Waals surface area contributed by atoms with Gasteiger partial charge >= 0.3 is 0 Å². The van der Waals surface area contributed by atoms with Crippen molar-refractivity contribution in [3.05, 3.63) is 24.0 Å². The number of aromatic nitrogens is 1. The maximum absolute atomic E-state index is 12.9. The van der Waals surface area contributed by atoms with Gasteiger partial charge in [-0.25, -0.2) is 0 Å². The number of pyridine rings is 1. The predicted molar refractivity (Wildman–Crippen MR) is 99.8 cm³/mol. The van der Waals surface area contributed by atoms with E-state index in [9.17, 15) is 9.59 Å². The summed E-state index contributed by atoms with van der Waals surface area (Å²) in [5.74, 6) is 0.978. The van der Waals surface area contributed by atoms with Crippen LogP contribution in [0.1, 0.15) is 31.2 Å². The zero-order chi connectivity index (χ0) is 18.1. The molecular formula is C20H28N4O2. The molecule has 1 aromatic heterocycles. The lowest BCUT2D eigenvalue weighted by atomic mass is 9.94. The summed E-state index contributed by atoms with van der Waals surface area (Å²) in [6.45, 7) is 6.88. The second kappa shape index (κ2) is 7.25. The SMILES string of the molecule is Cc1cnccc1N1CCN(C(=O)C2CCN(C(=O)C3CC3)CC2)CC1. The van der Waals surface area contributed by atoms with Crippen molar-refractivity contribution >= 4 is 17.5 Å².